The largest absolute Gasteiger partial charge is 0.324 e. The first-order chi connectivity index (χ1) is 10.7. The van der Waals surface area contributed by atoms with Gasteiger partial charge in [0, 0.05) is 27.0 Å². The van der Waals surface area contributed by atoms with Crippen molar-refractivity contribution in [1.82, 2.24) is 0 Å². The van der Waals surface area contributed by atoms with Crippen molar-refractivity contribution < 1.29 is 9.00 Å². The molecule has 3 N–H and O–H groups in total. The molecule has 2 rings (SSSR count). The van der Waals surface area contributed by atoms with Gasteiger partial charge in [0.2, 0.25) is 5.91 Å². The van der Waals surface area contributed by atoms with Crippen molar-refractivity contribution in [1.29, 1.82) is 0 Å². The molecule has 0 heterocycles. The summed E-state index contributed by atoms with van der Waals surface area (Å²) in [6.07, 6.45) is 4.66. The van der Waals surface area contributed by atoms with Gasteiger partial charge < -0.3 is 11.1 Å². The third kappa shape index (κ3) is 4.88. The van der Waals surface area contributed by atoms with Crippen LogP contribution in [0.5, 0.6) is 0 Å². The monoisotopic (exact) mass is 336 g/mol. The number of carbonyl (C=O) groups excluding carboxylic acids is 1. The van der Waals surface area contributed by atoms with Gasteiger partial charge in [-0.15, -0.1) is 0 Å². The average Bonchev–Trinajstić information content (AvgIpc) is 2.47. The average molecular weight is 337 g/mol. The molecular formula is C18H28N2O2S. The van der Waals surface area contributed by atoms with Gasteiger partial charge in [0.25, 0.3) is 0 Å². The van der Waals surface area contributed by atoms with Gasteiger partial charge >= 0.3 is 0 Å². The summed E-state index contributed by atoms with van der Waals surface area (Å²) < 4.78 is 12.0. The Labute approximate surface area is 141 Å². The zero-order valence-electron chi connectivity index (χ0n) is 14.4. The third-order valence-electron chi connectivity index (χ3n) is 4.36. The molecule has 0 spiro atoms. The molecule has 4 nitrogen and oxygen atoms in total. The summed E-state index contributed by atoms with van der Waals surface area (Å²) in [5, 5.41) is 2.94. The zero-order chi connectivity index (χ0) is 17.1. The van der Waals surface area contributed by atoms with Crippen LogP contribution < -0.4 is 11.1 Å². The van der Waals surface area contributed by atoms with Gasteiger partial charge in [0.05, 0.1) is 5.54 Å². The van der Waals surface area contributed by atoms with E-state index in [1.54, 1.807) is 0 Å². The zero-order valence-corrected chi connectivity index (χ0v) is 15.2. The number of hydrogen-bond acceptors (Lipinski definition) is 3. The fourth-order valence-electron chi connectivity index (χ4n) is 2.77. The summed E-state index contributed by atoms with van der Waals surface area (Å²) in [6, 6.07) is 7.58. The molecule has 23 heavy (non-hydrogen) atoms. The molecule has 1 aromatic carbocycles. The third-order valence-corrected chi connectivity index (χ3v) is 6.33. The Morgan fingerprint density at radius 3 is 2.52 bits per heavy atom. The fraction of sp³-hybridized carbons (Fsp3) is 0.611. The van der Waals surface area contributed by atoms with Gasteiger partial charge in [-0.25, -0.2) is 0 Å². The molecule has 0 bridgehead atoms. The highest BCUT2D eigenvalue weighted by molar-refractivity contribution is 7.85. The highest BCUT2D eigenvalue weighted by Crippen LogP contribution is 2.27. The molecule has 1 unspecified atom stereocenters. The van der Waals surface area contributed by atoms with Gasteiger partial charge in [-0.2, -0.15) is 0 Å². The molecule has 1 saturated carbocycles. The van der Waals surface area contributed by atoms with E-state index in [0.29, 0.717) is 5.75 Å². The standard InChI is InChI=1S/C18H28N2O2S/c1-17(2,3)23(22)13-14-8-7-9-15(12-14)20-16(21)18(19)10-5-4-6-11-18/h7-9,12H,4-6,10-11,13,19H2,1-3H3,(H,20,21). The number of carbonyl (C=O) groups is 1. The lowest BCUT2D eigenvalue weighted by Gasteiger charge is -2.31. The summed E-state index contributed by atoms with van der Waals surface area (Å²) in [4.78, 5) is 12.5. The van der Waals surface area contributed by atoms with E-state index in [2.05, 4.69) is 5.32 Å². The van der Waals surface area contributed by atoms with Crippen LogP contribution in [0.3, 0.4) is 0 Å². The van der Waals surface area contributed by atoms with E-state index < -0.39 is 16.3 Å². The lowest BCUT2D eigenvalue weighted by atomic mass is 9.82. The van der Waals surface area contributed by atoms with Crippen LogP contribution >= 0.6 is 0 Å². The Kier molecular flexibility index (Phi) is 5.63. The van der Waals surface area contributed by atoms with Crippen molar-refractivity contribution >= 4 is 22.4 Å². The Morgan fingerprint density at radius 1 is 1.26 bits per heavy atom. The lowest BCUT2D eigenvalue weighted by Crippen LogP contribution is -2.52. The predicted octanol–water partition coefficient (Wildman–Crippen LogP) is 3.33. The Morgan fingerprint density at radius 2 is 1.91 bits per heavy atom. The smallest absolute Gasteiger partial charge is 0.244 e. The highest BCUT2D eigenvalue weighted by Gasteiger charge is 2.35. The molecule has 0 saturated heterocycles. The van der Waals surface area contributed by atoms with E-state index in [-0.39, 0.29) is 10.7 Å². The van der Waals surface area contributed by atoms with Crippen LogP contribution in [-0.4, -0.2) is 20.4 Å². The van der Waals surface area contributed by atoms with Crippen LogP contribution in [0.2, 0.25) is 0 Å². The molecular weight excluding hydrogens is 308 g/mol. The fourth-order valence-corrected chi connectivity index (χ4v) is 3.69. The van der Waals surface area contributed by atoms with Gasteiger partial charge in [-0.05, 0) is 51.3 Å². The second-order valence-corrected chi connectivity index (χ2v) is 9.68. The summed E-state index contributed by atoms with van der Waals surface area (Å²) in [5.74, 6) is 0.382. The van der Waals surface area contributed by atoms with Crippen LogP contribution in [-0.2, 0) is 21.3 Å². The topological polar surface area (TPSA) is 72.2 Å². The molecule has 5 heteroatoms. The minimum Gasteiger partial charge on any atom is -0.324 e. The quantitative estimate of drug-likeness (QED) is 0.886. The number of rotatable bonds is 4. The molecule has 0 aliphatic heterocycles. The van der Waals surface area contributed by atoms with Gasteiger partial charge in [0.1, 0.15) is 0 Å². The first-order valence-electron chi connectivity index (χ1n) is 8.28. The van der Waals surface area contributed by atoms with Gasteiger partial charge in [0.15, 0.2) is 0 Å². The molecule has 1 fully saturated rings. The number of nitrogens with two attached hydrogens (primary N) is 1. The van der Waals surface area contributed by atoms with E-state index in [4.69, 9.17) is 5.73 Å². The van der Waals surface area contributed by atoms with Crippen molar-refractivity contribution in [3.63, 3.8) is 0 Å². The van der Waals surface area contributed by atoms with E-state index in [1.165, 1.54) is 0 Å². The Hall–Kier alpha value is -1.20. The van der Waals surface area contributed by atoms with Gasteiger partial charge in [-0.3, -0.25) is 9.00 Å². The maximum absolute atomic E-state index is 12.5. The number of benzene rings is 1. The maximum Gasteiger partial charge on any atom is 0.244 e. The molecule has 128 valence electrons. The maximum atomic E-state index is 12.5. The van der Waals surface area contributed by atoms with Crippen molar-refractivity contribution in [3.05, 3.63) is 29.8 Å². The van der Waals surface area contributed by atoms with Crippen LogP contribution in [0, 0.1) is 0 Å². The second kappa shape index (κ2) is 7.14. The van der Waals surface area contributed by atoms with Gasteiger partial charge in [-0.1, -0.05) is 31.4 Å². The van der Waals surface area contributed by atoms with E-state index in [9.17, 15) is 9.00 Å². The predicted molar refractivity (Wildman–Crippen MR) is 96.7 cm³/mol. The Balaban J connectivity index is 2.05. The molecule has 1 aromatic rings. The van der Waals surface area contributed by atoms with Crippen LogP contribution in [0.4, 0.5) is 5.69 Å². The number of amides is 1. The summed E-state index contributed by atoms with van der Waals surface area (Å²) in [5.41, 5.74) is 7.21. The molecule has 1 aliphatic rings. The van der Waals surface area contributed by atoms with Crippen molar-refractivity contribution in [2.24, 2.45) is 5.73 Å². The summed E-state index contributed by atoms with van der Waals surface area (Å²) >= 11 is 0. The summed E-state index contributed by atoms with van der Waals surface area (Å²) in [7, 11) is -0.959. The first-order valence-corrected chi connectivity index (χ1v) is 9.60. The number of nitrogens with one attached hydrogen (secondary N) is 1. The van der Waals surface area contributed by atoms with E-state index in [0.717, 1.165) is 43.4 Å². The minimum absolute atomic E-state index is 0.105. The first kappa shape index (κ1) is 18.1. The number of anilines is 1. The SMILES string of the molecule is CC(C)(C)S(=O)Cc1cccc(NC(=O)C2(N)CCCCC2)c1. The van der Waals surface area contributed by atoms with E-state index in [1.807, 2.05) is 45.0 Å². The molecule has 0 radical (unpaired) electrons. The van der Waals surface area contributed by atoms with Crippen molar-refractivity contribution in [2.75, 3.05) is 5.32 Å². The second-order valence-electron chi connectivity index (χ2n) is 7.47. The highest BCUT2D eigenvalue weighted by atomic mass is 32.2. The Bertz CT molecular complexity index is 587. The number of hydrogen-bond donors (Lipinski definition) is 2. The van der Waals surface area contributed by atoms with Crippen molar-refractivity contribution in [3.8, 4) is 0 Å². The normalized spacial score (nSPS) is 19.1. The molecule has 1 aliphatic carbocycles. The van der Waals surface area contributed by atoms with E-state index >= 15 is 0 Å². The van der Waals surface area contributed by atoms with Crippen LogP contribution in [0.1, 0.15) is 58.4 Å². The molecule has 0 aromatic heterocycles. The lowest BCUT2D eigenvalue weighted by molar-refractivity contribution is -0.122. The van der Waals surface area contributed by atoms with Crippen molar-refractivity contribution in [2.45, 2.75) is 68.9 Å². The van der Waals surface area contributed by atoms with Crippen LogP contribution in [0.25, 0.3) is 0 Å². The van der Waals surface area contributed by atoms with Crippen LogP contribution in [0.15, 0.2) is 24.3 Å². The molecule has 1 amide bonds. The minimum atomic E-state index is -0.959. The summed E-state index contributed by atoms with van der Waals surface area (Å²) in [6.45, 7) is 5.90. The molecule has 1 atom stereocenters.